The number of hydrogen-bond acceptors (Lipinski definition) is 3. The van der Waals surface area contributed by atoms with E-state index in [1.54, 1.807) is 13.0 Å². The number of hydrogen-bond donors (Lipinski definition) is 2. The highest BCUT2D eigenvalue weighted by Crippen LogP contribution is 2.32. The minimum Gasteiger partial charge on any atom is -0.481 e. The lowest BCUT2D eigenvalue weighted by molar-refractivity contribution is -0.138. The van der Waals surface area contributed by atoms with Gasteiger partial charge in [-0.1, -0.05) is 30.7 Å². The maximum absolute atomic E-state index is 13.0. The summed E-state index contributed by atoms with van der Waals surface area (Å²) in [6.07, 6.45) is -2.79. The number of halogens is 4. The first-order valence-corrected chi connectivity index (χ1v) is 8.07. The lowest BCUT2D eigenvalue weighted by atomic mass is 10.00. The van der Waals surface area contributed by atoms with Crippen LogP contribution < -0.4 is 5.32 Å². The second-order valence-electron chi connectivity index (χ2n) is 5.28. The highest BCUT2D eigenvalue weighted by molar-refractivity contribution is 6.65. The zero-order valence-corrected chi connectivity index (χ0v) is 14.7. The van der Waals surface area contributed by atoms with Crippen LogP contribution in [0.1, 0.15) is 43.4 Å². The van der Waals surface area contributed by atoms with Crippen LogP contribution in [0.25, 0.3) is 5.70 Å². The number of nitrogens with zero attached hydrogens (tertiary/aromatic N) is 1. The molecule has 0 spiro atoms. The largest absolute Gasteiger partial charge is 0.481 e. The molecule has 4 nitrogen and oxygen atoms in total. The molecule has 25 heavy (non-hydrogen) atoms. The van der Waals surface area contributed by atoms with Crippen molar-refractivity contribution in [2.45, 2.75) is 39.4 Å². The molecule has 0 aliphatic heterocycles. The van der Waals surface area contributed by atoms with Gasteiger partial charge < -0.3 is 10.4 Å². The molecular formula is C17H20ClF3N2O2. The summed E-state index contributed by atoms with van der Waals surface area (Å²) in [5, 5.41) is 11.9. The molecule has 1 aromatic carbocycles. The summed E-state index contributed by atoms with van der Waals surface area (Å²) in [6.45, 7) is 4.20. The van der Waals surface area contributed by atoms with E-state index in [9.17, 15) is 18.0 Å². The number of rotatable bonds is 8. The Bertz CT molecular complexity index is 666. The Labute approximate surface area is 149 Å². The van der Waals surface area contributed by atoms with Gasteiger partial charge in [0.25, 0.3) is 0 Å². The van der Waals surface area contributed by atoms with E-state index in [-0.39, 0.29) is 24.6 Å². The highest BCUT2D eigenvalue weighted by Gasteiger charge is 2.31. The molecule has 2 N–H and O–H groups in total. The van der Waals surface area contributed by atoms with E-state index in [2.05, 4.69) is 10.3 Å². The Balaban J connectivity index is 3.35. The topological polar surface area (TPSA) is 61.7 Å². The Kier molecular flexibility index (Phi) is 8.12. The van der Waals surface area contributed by atoms with Gasteiger partial charge in [0.2, 0.25) is 0 Å². The number of carboxylic acid groups (broad SMARTS) is 1. The van der Waals surface area contributed by atoms with E-state index < -0.39 is 17.7 Å². The quantitative estimate of drug-likeness (QED) is 0.648. The third-order valence-corrected chi connectivity index (χ3v) is 3.33. The molecule has 0 saturated carbocycles. The number of carboxylic acids is 1. The molecule has 0 atom stereocenters. The summed E-state index contributed by atoms with van der Waals surface area (Å²) in [6, 6.07) is 3.39. The van der Waals surface area contributed by atoms with E-state index in [0.29, 0.717) is 23.4 Å². The van der Waals surface area contributed by atoms with Gasteiger partial charge in [-0.05, 0) is 37.6 Å². The predicted molar refractivity (Wildman–Crippen MR) is 92.6 cm³/mol. The average Bonchev–Trinajstić information content (AvgIpc) is 2.50. The molecule has 0 saturated heterocycles. The number of allylic oxidation sites excluding steroid dienone is 1. The van der Waals surface area contributed by atoms with Crippen molar-refractivity contribution in [3.63, 3.8) is 0 Å². The summed E-state index contributed by atoms with van der Waals surface area (Å²) < 4.78 is 38.9. The molecule has 138 valence electrons. The first-order valence-electron chi connectivity index (χ1n) is 7.69. The van der Waals surface area contributed by atoms with E-state index in [4.69, 9.17) is 16.7 Å². The lowest BCUT2D eigenvalue weighted by Gasteiger charge is -2.15. The molecule has 0 amide bonds. The number of alkyl halides is 3. The third-order valence-electron chi connectivity index (χ3n) is 3.24. The second kappa shape index (κ2) is 9.58. The van der Waals surface area contributed by atoms with Gasteiger partial charge in [0.15, 0.2) is 0 Å². The van der Waals surface area contributed by atoms with Crippen molar-refractivity contribution < 1.29 is 23.1 Å². The molecule has 0 aromatic heterocycles. The molecule has 0 radical (unpaired) electrons. The van der Waals surface area contributed by atoms with Gasteiger partial charge in [0, 0.05) is 18.5 Å². The molecule has 0 fully saturated rings. The summed E-state index contributed by atoms with van der Waals surface area (Å²) >= 11 is 5.82. The van der Waals surface area contributed by atoms with Crippen molar-refractivity contribution in [3.05, 3.63) is 41.0 Å². The van der Waals surface area contributed by atoms with E-state index >= 15 is 0 Å². The molecule has 0 heterocycles. The number of benzene rings is 1. The fourth-order valence-electron chi connectivity index (χ4n) is 2.14. The van der Waals surface area contributed by atoms with Gasteiger partial charge >= 0.3 is 12.1 Å². The van der Waals surface area contributed by atoms with E-state index in [1.165, 1.54) is 6.07 Å². The van der Waals surface area contributed by atoms with Gasteiger partial charge in [0.1, 0.15) is 5.17 Å². The Hall–Kier alpha value is -1.86. The lowest BCUT2D eigenvalue weighted by Crippen LogP contribution is -2.15. The van der Waals surface area contributed by atoms with Crippen LogP contribution in [0.15, 0.2) is 29.3 Å². The van der Waals surface area contributed by atoms with Gasteiger partial charge in [0.05, 0.1) is 11.3 Å². The number of aliphatic carboxylic acids is 1. The smallest absolute Gasteiger partial charge is 0.416 e. The molecule has 0 bridgehead atoms. The maximum atomic E-state index is 13.0. The van der Waals surface area contributed by atoms with Crippen LogP contribution in [0.2, 0.25) is 0 Å². The fourth-order valence-corrected chi connectivity index (χ4v) is 2.23. The first-order chi connectivity index (χ1) is 11.6. The Morgan fingerprint density at radius 1 is 1.40 bits per heavy atom. The number of carbonyl (C=O) groups is 1. The zero-order chi connectivity index (χ0) is 19.0. The van der Waals surface area contributed by atoms with Crippen molar-refractivity contribution >= 4 is 28.4 Å². The van der Waals surface area contributed by atoms with Crippen molar-refractivity contribution in [3.8, 4) is 0 Å². The molecular weight excluding hydrogens is 357 g/mol. The van der Waals surface area contributed by atoms with Crippen molar-refractivity contribution in [1.29, 1.82) is 0 Å². The second-order valence-corrected chi connectivity index (χ2v) is 5.83. The van der Waals surface area contributed by atoms with Crippen LogP contribution in [0, 0.1) is 0 Å². The molecule has 1 aromatic rings. The summed E-state index contributed by atoms with van der Waals surface area (Å²) in [7, 11) is 0. The van der Waals surface area contributed by atoms with Gasteiger partial charge in [-0.25, -0.2) is 4.99 Å². The Morgan fingerprint density at radius 2 is 2.08 bits per heavy atom. The highest BCUT2D eigenvalue weighted by atomic mass is 35.5. The maximum Gasteiger partial charge on any atom is 0.416 e. The van der Waals surface area contributed by atoms with E-state index in [0.717, 1.165) is 12.1 Å². The molecule has 0 aliphatic rings. The monoisotopic (exact) mass is 376 g/mol. The van der Waals surface area contributed by atoms with Crippen molar-refractivity contribution in [2.75, 3.05) is 6.54 Å². The normalized spacial score (nSPS) is 13.2. The van der Waals surface area contributed by atoms with Crippen LogP contribution in [0.5, 0.6) is 0 Å². The fraction of sp³-hybridized carbons (Fsp3) is 0.412. The molecule has 1 rings (SSSR count). The first kappa shape index (κ1) is 21.2. The van der Waals surface area contributed by atoms with E-state index in [1.807, 2.05) is 6.92 Å². The number of aliphatic imine (C=N–C) groups is 1. The molecule has 0 aliphatic carbocycles. The zero-order valence-electron chi connectivity index (χ0n) is 14.0. The van der Waals surface area contributed by atoms with Crippen LogP contribution >= 0.6 is 11.6 Å². The van der Waals surface area contributed by atoms with Crippen molar-refractivity contribution in [2.24, 2.45) is 4.99 Å². The van der Waals surface area contributed by atoms with Crippen LogP contribution in [0.3, 0.4) is 0 Å². The molecule has 8 heteroatoms. The van der Waals surface area contributed by atoms with Gasteiger partial charge in [-0.15, -0.1) is 0 Å². The average molecular weight is 377 g/mol. The summed E-state index contributed by atoms with van der Waals surface area (Å²) in [4.78, 5) is 14.8. The summed E-state index contributed by atoms with van der Waals surface area (Å²) in [5.74, 6) is -0.970. The van der Waals surface area contributed by atoms with Gasteiger partial charge in [-0.3, -0.25) is 4.79 Å². The Morgan fingerprint density at radius 3 is 2.60 bits per heavy atom. The van der Waals surface area contributed by atoms with Crippen molar-refractivity contribution in [1.82, 2.24) is 5.32 Å². The minimum atomic E-state index is -4.45. The van der Waals surface area contributed by atoms with Crippen LogP contribution in [0.4, 0.5) is 13.2 Å². The number of nitrogens with one attached hydrogen (secondary N) is 1. The SMILES string of the molecule is CCNCc1cc(C(F)(F)F)ccc1/C(=C/CCC(=O)O)N=C(C)Cl. The summed E-state index contributed by atoms with van der Waals surface area (Å²) in [5.41, 5.74) is 0.509. The van der Waals surface area contributed by atoms with Crippen LogP contribution in [-0.4, -0.2) is 22.8 Å². The minimum absolute atomic E-state index is 0.108. The van der Waals surface area contributed by atoms with Gasteiger partial charge in [-0.2, -0.15) is 13.2 Å². The standard InChI is InChI=1S/C17H20ClF3N2O2/c1-3-22-10-12-9-13(17(19,20)21)7-8-14(12)15(23-11(2)18)5-4-6-16(24)25/h5,7-9,22H,3-4,6,10H2,1-2H3,(H,24,25)/b15-5-,23-11?. The van der Waals surface area contributed by atoms with Crippen LogP contribution in [-0.2, 0) is 17.5 Å². The molecule has 0 unspecified atom stereocenters. The third kappa shape index (κ3) is 7.27. The predicted octanol–water partition coefficient (Wildman–Crippen LogP) is 4.68.